The smallest absolute Gasteiger partial charge is 0.251 e. The summed E-state index contributed by atoms with van der Waals surface area (Å²) >= 11 is 5.81. The average Bonchev–Trinajstić information content (AvgIpc) is 2.33. The molecule has 1 heterocycles. The molecule has 0 aliphatic rings. The molecule has 2 N–H and O–H groups in total. The Hall–Kier alpha value is -1.34. The van der Waals surface area contributed by atoms with E-state index in [-0.39, 0.29) is 11.7 Å². The molecule has 0 spiro atoms. The Bertz CT molecular complexity index is 614. The topological polar surface area (TPSA) is 88.2 Å². The van der Waals surface area contributed by atoms with Gasteiger partial charge in [-0.1, -0.05) is 11.6 Å². The molecule has 0 unspecified atom stereocenters. The molecule has 0 aromatic carbocycles. The van der Waals surface area contributed by atoms with Gasteiger partial charge in [0.1, 0.15) is 11.0 Å². The van der Waals surface area contributed by atoms with Gasteiger partial charge in [-0.25, -0.2) is 13.4 Å². The van der Waals surface area contributed by atoms with Crippen LogP contribution in [0.25, 0.3) is 0 Å². The van der Waals surface area contributed by atoms with Crippen LogP contribution in [0.3, 0.4) is 0 Å². The number of nitrogens with zero attached hydrogens (tertiary/aromatic N) is 1. The van der Waals surface area contributed by atoms with E-state index in [0.29, 0.717) is 11.4 Å². The van der Waals surface area contributed by atoms with Gasteiger partial charge in [0.2, 0.25) is 0 Å². The molecule has 6 nitrogen and oxygen atoms in total. The number of halogens is 1. The predicted molar refractivity (Wildman–Crippen MR) is 80.0 cm³/mol. The molecule has 0 saturated carbocycles. The summed E-state index contributed by atoms with van der Waals surface area (Å²) in [6.07, 6.45) is 1.14. The maximum Gasteiger partial charge on any atom is 0.251 e. The lowest BCUT2D eigenvalue weighted by molar-refractivity contribution is 0.0950. The Morgan fingerprint density at radius 2 is 2.00 bits per heavy atom. The summed E-state index contributed by atoms with van der Waals surface area (Å²) in [5, 5.41) is 5.56. The van der Waals surface area contributed by atoms with E-state index in [2.05, 4.69) is 15.6 Å². The molecule has 1 amide bonds. The minimum atomic E-state index is -3.27. The Balaban J connectivity index is 2.85. The third-order valence-corrected chi connectivity index (χ3v) is 5.34. The van der Waals surface area contributed by atoms with Gasteiger partial charge < -0.3 is 10.6 Å². The molecule has 8 heteroatoms. The van der Waals surface area contributed by atoms with Crippen molar-refractivity contribution in [3.63, 3.8) is 0 Å². The zero-order valence-corrected chi connectivity index (χ0v) is 13.4. The fourth-order valence-corrected chi connectivity index (χ4v) is 1.83. The first-order chi connectivity index (χ1) is 9.06. The summed E-state index contributed by atoms with van der Waals surface area (Å²) in [5.74, 6) is 0.0625. The summed E-state index contributed by atoms with van der Waals surface area (Å²) in [5.41, 5.74) is 0.318. The zero-order valence-electron chi connectivity index (χ0n) is 11.8. The average molecular weight is 320 g/mol. The van der Waals surface area contributed by atoms with Crippen LogP contribution in [-0.2, 0) is 9.84 Å². The van der Waals surface area contributed by atoms with Gasteiger partial charge in [-0.15, -0.1) is 0 Å². The molecule has 0 bridgehead atoms. The zero-order chi connectivity index (χ0) is 15.6. The van der Waals surface area contributed by atoms with Gasteiger partial charge in [0, 0.05) is 25.4 Å². The largest absolute Gasteiger partial charge is 0.373 e. The molecule has 0 atom stereocenters. The number of amides is 1. The highest BCUT2D eigenvalue weighted by molar-refractivity contribution is 7.92. The predicted octanol–water partition coefficient (Wildman–Crippen LogP) is 1.33. The van der Waals surface area contributed by atoms with E-state index >= 15 is 0 Å². The van der Waals surface area contributed by atoms with Gasteiger partial charge in [-0.3, -0.25) is 4.79 Å². The van der Waals surface area contributed by atoms with Gasteiger partial charge in [0.25, 0.3) is 5.91 Å². The maximum absolute atomic E-state index is 12.0. The first-order valence-corrected chi connectivity index (χ1v) is 8.17. The molecule has 0 aliphatic carbocycles. The number of hydrogen-bond acceptors (Lipinski definition) is 5. The SMILES string of the molecule is CNc1cc(C(=O)NCC(C)(C)S(C)(=O)=O)cc(Cl)n1. The lowest BCUT2D eigenvalue weighted by atomic mass is 10.2. The Morgan fingerprint density at radius 3 is 2.50 bits per heavy atom. The minimum absolute atomic E-state index is 0.0134. The van der Waals surface area contributed by atoms with Crippen LogP contribution >= 0.6 is 11.6 Å². The number of hydrogen-bond donors (Lipinski definition) is 2. The standard InChI is InChI=1S/C12H18ClN3O3S/c1-12(2,20(4,18)19)7-15-11(17)8-5-9(13)16-10(6-8)14-3/h5-6H,7H2,1-4H3,(H,14,16)(H,15,17). The number of carbonyl (C=O) groups excluding carboxylic acids is 1. The van der Waals surface area contributed by atoms with E-state index in [1.807, 2.05) is 0 Å². The van der Waals surface area contributed by atoms with E-state index in [0.717, 1.165) is 6.26 Å². The summed E-state index contributed by atoms with van der Waals surface area (Å²) in [6, 6.07) is 2.96. The normalized spacial score (nSPS) is 12.1. The van der Waals surface area contributed by atoms with Crippen LogP contribution in [0.5, 0.6) is 0 Å². The van der Waals surface area contributed by atoms with Crippen molar-refractivity contribution in [1.82, 2.24) is 10.3 Å². The monoisotopic (exact) mass is 319 g/mol. The highest BCUT2D eigenvalue weighted by Gasteiger charge is 2.30. The summed E-state index contributed by atoms with van der Waals surface area (Å²) in [4.78, 5) is 16.0. The summed E-state index contributed by atoms with van der Waals surface area (Å²) in [7, 11) is -1.61. The van der Waals surface area contributed by atoms with E-state index in [4.69, 9.17) is 11.6 Å². The van der Waals surface area contributed by atoms with Crippen LogP contribution in [0.4, 0.5) is 5.82 Å². The molecule has 112 valence electrons. The number of pyridine rings is 1. The summed E-state index contributed by atoms with van der Waals surface area (Å²) < 4.78 is 22.1. The highest BCUT2D eigenvalue weighted by Crippen LogP contribution is 2.16. The second kappa shape index (κ2) is 5.97. The van der Waals surface area contributed by atoms with Crippen molar-refractivity contribution in [2.24, 2.45) is 0 Å². The van der Waals surface area contributed by atoms with Crippen LogP contribution < -0.4 is 10.6 Å². The summed E-state index contributed by atoms with van der Waals surface area (Å²) in [6.45, 7) is 3.13. The second-order valence-electron chi connectivity index (χ2n) is 5.03. The van der Waals surface area contributed by atoms with Crippen molar-refractivity contribution in [2.45, 2.75) is 18.6 Å². The highest BCUT2D eigenvalue weighted by atomic mass is 35.5. The number of carbonyl (C=O) groups is 1. The van der Waals surface area contributed by atoms with Crippen molar-refractivity contribution >= 4 is 33.2 Å². The lowest BCUT2D eigenvalue weighted by Gasteiger charge is -2.22. The number of aromatic nitrogens is 1. The van der Waals surface area contributed by atoms with Crippen molar-refractivity contribution < 1.29 is 13.2 Å². The molecule has 0 radical (unpaired) electrons. The van der Waals surface area contributed by atoms with Crippen LogP contribution in [-0.4, -0.2) is 43.9 Å². The van der Waals surface area contributed by atoms with Gasteiger partial charge in [0.05, 0.1) is 4.75 Å². The minimum Gasteiger partial charge on any atom is -0.373 e. The van der Waals surface area contributed by atoms with Crippen molar-refractivity contribution in [2.75, 3.05) is 25.2 Å². The Kier molecular flexibility index (Phi) is 4.99. The van der Waals surface area contributed by atoms with Crippen LogP contribution in [0.1, 0.15) is 24.2 Å². The molecule has 0 aliphatic heterocycles. The van der Waals surface area contributed by atoms with Crippen LogP contribution in [0, 0.1) is 0 Å². The van der Waals surface area contributed by atoms with Gasteiger partial charge >= 0.3 is 0 Å². The molecule has 0 saturated heterocycles. The van der Waals surface area contributed by atoms with Gasteiger partial charge in [-0.05, 0) is 26.0 Å². The van der Waals surface area contributed by atoms with Gasteiger partial charge in [-0.2, -0.15) is 0 Å². The second-order valence-corrected chi connectivity index (χ2v) is 8.07. The molecule has 0 fully saturated rings. The molecular weight excluding hydrogens is 302 g/mol. The van der Waals surface area contributed by atoms with Crippen LogP contribution in [0.2, 0.25) is 5.15 Å². The van der Waals surface area contributed by atoms with Gasteiger partial charge in [0.15, 0.2) is 9.84 Å². The maximum atomic E-state index is 12.0. The first-order valence-electron chi connectivity index (χ1n) is 5.90. The van der Waals surface area contributed by atoms with Crippen LogP contribution in [0.15, 0.2) is 12.1 Å². The Labute approximate surface area is 123 Å². The van der Waals surface area contributed by atoms with Crippen molar-refractivity contribution in [3.05, 3.63) is 22.8 Å². The number of rotatable bonds is 5. The first kappa shape index (κ1) is 16.7. The van der Waals surface area contributed by atoms with Crippen molar-refractivity contribution in [3.8, 4) is 0 Å². The molecule has 1 rings (SSSR count). The molecule has 20 heavy (non-hydrogen) atoms. The van der Waals surface area contributed by atoms with E-state index in [1.54, 1.807) is 20.9 Å². The number of nitrogens with one attached hydrogen (secondary N) is 2. The third-order valence-electron chi connectivity index (χ3n) is 2.99. The Morgan fingerprint density at radius 1 is 1.40 bits per heavy atom. The van der Waals surface area contributed by atoms with Crippen molar-refractivity contribution in [1.29, 1.82) is 0 Å². The number of sulfone groups is 1. The fourth-order valence-electron chi connectivity index (χ4n) is 1.28. The fraction of sp³-hybridized carbons (Fsp3) is 0.500. The molecular formula is C12H18ClN3O3S. The quantitative estimate of drug-likeness (QED) is 0.799. The van der Waals surface area contributed by atoms with E-state index in [1.165, 1.54) is 12.1 Å². The van der Waals surface area contributed by atoms with E-state index in [9.17, 15) is 13.2 Å². The molecule has 1 aromatic heterocycles. The molecule has 1 aromatic rings. The number of anilines is 1. The lowest BCUT2D eigenvalue weighted by Crippen LogP contribution is -2.43. The third kappa shape index (κ3) is 4.08. The van der Waals surface area contributed by atoms with E-state index < -0.39 is 20.5 Å².